The van der Waals surface area contributed by atoms with Crippen molar-refractivity contribution >= 4 is 48.0 Å². The maximum atomic E-state index is 8.34. The van der Waals surface area contributed by atoms with Crippen LogP contribution in [0.3, 0.4) is 0 Å². The van der Waals surface area contributed by atoms with E-state index in [4.69, 9.17) is 2.81 Å². The maximum absolute atomic E-state index is 8.34. The molecule has 0 aromatic carbocycles. The van der Waals surface area contributed by atoms with Crippen molar-refractivity contribution in [1.29, 1.82) is 0 Å². The molecule has 0 aliphatic carbocycles. The Kier molecular flexibility index (Phi) is 197. The summed E-state index contributed by atoms with van der Waals surface area (Å²) in [5.41, 5.74) is 0. The van der Waals surface area contributed by atoms with Gasteiger partial charge >= 0.3 is 27.5 Å². The van der Waals surface area contributed by atoms with E-state index in [0.717, 1.165) is 0 Å². The molecule has 0 atom stereocenters. The molecular weight excluding hydrogens is 377 g/mol. The van der Waals surface area contributed by atoms with Gasteiger partial charge < -0.3 is 5.48 Å². The summed E-state index contributed by atoms with van der Waals surface area (Å²) in [5.74, 6) is 0. The Hall–Kier alpha value is 2.10. The van der Waals surface area contributed by atoms with E-state index in [1.165, 1.54) is 0 Å². The predicted octanol–water partition coefficient (Wildman–Crippen LogP) is 0.290. The van der Waals surface area contributed by atoms with Crippen LogP contribution in [0.25, 0.3) is 0 Å². The molecule has 0 radical (unpaired) electrons. The molecule has 0 aliphatic heterocycles. The Morgan fingerprint density at radius 3 is 1.00 bits per heavy atom. The van der Waals surface area contributed by atoms with Gasteiger partial charge in [-0.1, -0.05) is 0 Å². The molecule has 0 spiro atoms. The molecule has 5 heavy (non-hydrogen) atoms. The van der Waals surface area contributed by atoms with Gasteiger partial charge in [0.25, 0.3) is 0 Å². The standard InChI is InChI=1S/2HI.H2O.O.Zr/h2*1H;1H2;;. The number of hydrogen-bond donors (Lipinski definition) is 0. The Labute approximate surface area is 79.7 Å². The summed E-state index contributed by atoms with van der Waals surface area (Å²) in [5, 5.41) is 0. The second-order valence-electron chi connectivity index (χ2n) is 0. The summed E-state index contributed by atoms with van der Waals surface area (Å²) in [6.07, 6.45) is 0. The van der Waals surface area contributed by atoms with Gasteiger partial charge in [0, 0.05) is 0 Å². The van der Waals surface area contributed by atoms with Gasteiger partial charge in [-0.3, -0.25) is 0 Å². The van der Waals surface area contributed by atoms with E-state index in [1.54, 1.807) is 0 Å². The Morgan fingerprint density at radius 1 is 1.00 bits per heavy atom. The van der Waals surface area contributed by atoms with Gasteiger partial charge in [-0.15, -0.1) is 48.0 Å². The van der Waals surface area contributed by atoms with Crippen LogP contribution in [0, 0.1) is 0 Å². The van der Waals surface area contributed by atoms with E-state index < -0.39 is 0 Å². The molecule has 2 nitrogen and oxygen atoms in total. The van der Waals surface area contributed by atoms with Crippen molar-refractivity contribution in [3.8, 4) is 0 Å². The summed E-state index contributed by atoms with van der Waals surface area (Å²) in [6, 6.07) is 0. The van der Waals surface area contributed by atoms with Gasteiger partial charge in [-0.05, 0) is 0 Å². The first-order valence-electron chi connectivity index (χ1n) is 0.204. The molecule has 0 amide bonds. The molecule has 0 saturated heterocycles. The van der Waals surface area contributed by atoms with Crippen molar-refractivity contribution in [1.82, 2.24) is 0 Å². The summed E-state index contributed by atoms with van der Waals surface area (Å²) in [6.45, 7) is 0. The van der Waals surface area contributed by atoms with Gasteiger partial charge in [-0.25, -0.2) is 0 Å². The fraction of sp³-hybridized carbons (Fsp3) is 0. The second-order valence-corrected chi connectivity index (χ2v) is 0. The van der Waals surface area contributed by atoms with Crippen LogP contribution < -0.4 is 0 Å². The zero-order valence-electron chi connectivity index (χ0n) is 2.22. The first-order chi connectivity index (χ1) is 1.00. The quantitative estimate of drug-likeness (QED) is 0.557. The van der Waals surface area contributed by atoms with Crippen LogP contribution in [-0.2, 0) is 27.5 Å². The summed E-state index contributed by atoms with van der Waals surface area (Å²) < 4.78 is 8.34. The first kappa shape index (κ1) is 27.5. The molecule has 0 unspecified atom stereocenters. The number of halogens is 2. The normalized spacial score (nSPS) is 0.600. The molecular formula is H4I2O2Zr. The summed E-state index contributed by atoms with van der Waals surface area (Å²) >= 11 is 0.300. The molecule has 0 bridgehead atoms. The summed E-state index contributed by atoms with van der Waals surface area (Å²) in [7, 11) is 0. The minimum atomic E-state index is 0. The third kappa shape index (κ3) is 23.2. The molecule has 2 N–H and O–H groups in total. The van der Waals surface area contributed by atoms with E-state index in [0.29, 0.717) is 24.7 Å². The van der Waals surface area contributed by atoms with E-state index in [-0.39, 0.29) is 53.4 Å². The van der Waals surface area contributed by atoms with Crippen LogP contribution in [0.2, 0.25) is 0 Å². The van der Waals surface area contributed by atoms with Gasteiger partial charge in [-0.2, -0.15) is 0 Å². The number of hydrogen-bond acceptors (Lipinski definition) is 1. The predicted molar refractivity (Wildman–Crippen MR) is 35.1 cm³/mol. The third-order valence-electron chi connectivity index (χ3n) is 0. The average molecular weight is 381 g/mol. The number of rotatable bonds is 0. The van der Waals surface area contributed by atoms with E-state index in [2.05, 4.69) is 0 Å². The molecule has 0 heterocycles. The van der Waals surface area contributed by atoms with Crippen LogP contribution in [0.1, 0.15) is 0 Å². The van der Waals surface area contributed by atoms with Gasteiger partial charge in [0.05, 0.1) is 0 Å². The topological polar surface area (TPSA) is 48.6 Å². The van der Waals surface area contributed by atoms with Gasteiger partial charge in [0.1, 0.15) is 0 Å². The zero-order chi connectivity index (χ0) is 2.00. The van der Waals surface area contributed by atoms with Gasteiger partial charge in [0.15, 0.2) is 0 Å². The molecule has 0 aromatic rings. The van der Waals surface area contributed by atoms with Crippen LogP contribution in [0.4, 0.5) is 0 Å². The van der Waals surface area contributed by atoms with Crippen molar-refractivity contribution in [2.24, 2.45) is 0 Å². The monoisotopic (exact) mass is 380 g/mol. The molecule has 0 aromatic heterocycles. The third-order valence-corrected chi connectivity index (χ3v) is 0. The average Bonchev–Trinajstić information content (AvgIpc) is 1.00. The van der Waals surface area contributed by atoms with Crippen LogP contribution in [0.5, 0.6) is 0 Å². The molecule has 0 aliphatic rings. The van der Waals surface area contributed by atoms with Gasteiger partial charge in [0.2, 0.25) is 0 Å². The molecule has 0 fully saturated rings. The molecule has 34 valence electrons. The van der Waals surface area contributed by atoms with Crippen molar-refractivity contribution in [2.45, 2.75) is 0 Å². The van der Waals surface area contributed by atoms with Crippen LogP contribution in [0.15, 0.2) is 0 Å². The Balaban J connectivity index is -0.00000000167. The first-order valence-corrected chi connectivity index (χ1v) is 1.21. The second kappa shape index (κ2) is 35.9. The minimum absolute atomic E-state index is 0. The molecule has 5 heteroatoms. The van der Waals surface area contributed by atoms with E-state index in [1.807, 2.05) is 0 Å². The van der Waals surface area contributed by atoms with Crippen LogP contribution >= 0.6 is 48.0 Å². The van der Waals surface area contributed by atoms with Crippen molar-refractivity contribution in [2.75, 3.05) is 0 Å². The van der Waals surface area contributed by atoms with E-state index >= 15 is 0 Å². The van der Waals surface area contributed by atoms with E-state index in [9.17, 15) is 0 Å². The van der Waals surface area contributed by atoms with Crippen molar-refractivity contribution in [3.05, 3.63) is 0 Å². The van der Waals surface area contributed by atoms with Crippen molar-refractivity contribution in [3.63, 3.8) is 0 Å². The SMILES string of the molecule is I.I.O.[O]=[Zr]. The Bertz CT molecular complexity index is 7.61. The zero-order valence-corrected chi connectivity index (χ0v) is 9.34. The fourth-order valence-electron chi connectivity index (χ4n) is 0. The molecule has 0 rings (SSSR count). The molecule has 0 saturated carbocycles. The van der Waals surface area contributed by atoms with Crippen LogP contribution in [-0.4, -0.2) is 5.48 Å². The Morgan fingerprint density at radius 2 is 1.00 bits per heavy atom. The fourth-order valence-corrected chi connectivity index (χ4v) is 0. The summed E-state index contributed by atoms with van der Waals surface area (Å²) in [4.78, 5) is 0. The van der Waals surface area contributed by atoms with Crippen molar-refractivity contribution < 1.29 is 33.0 Å².